The summed E-state index contributed by atoms with van der Waals surface area (Å²) in [6.45, 7) is 7.96. The van der Waals surface area contributed by atoms with Crippen LogP contribution in [-0.2, 0) is 14.9 Å². The van der Waals surface area contributed by atoms with Crippen molar-refractivity contribution in [1.82, 2.24) is 4.98 Å². The predicted molar refractivity (Wildman–Crippen MR) is 81.9 cm³/mol. The highest BCUT2D eigenvalue weighted by Crippen LogP contribution is 2.32. The first kappa shape index (κ1) is 14.7. The van der Waals surface area contributed by atoms with Gasteiger partial charge < -0.3 is 4.74 Å². The largest absolute Gasteiger partial charge is 0.465 e. The van der Waals surface area contributed by atoms with Crippen molar-refractivity contribution in [2.75, 3.05) is 6.61 Å². The van der Waals surface area contributed by atoms with Crippen molar-refractivity contribution in [2.24, 2.45) is 0 Å². The summed E-state index contributed by atoms with van der Waals surface area (Å²) < 4.78 is 5.13. The lowest BCUT2D eigenvalue weighted by molar-refractivity contribution is -0.148. The Bertz CT molecular complexity index is 616. The van der Waals surface area contributed by atoms with Gasteiger partial charge in [0.1, 0.15) is 10.4 Å². The molecule has 2 aromatic rings. The zero-order valence-electron chi connectivity index (χ0n) is 12.3. The number of benzene rings is 1. The zero-order chi connectivity index (χ0) is 14.8. The Balaban J connectivity index is 2.34. The summed E-state index contributed by atoms with van der Waals surface area (Å²) >= 11 is 1.56. The van der Waals surface area contributed by atoms with Gasteiger partial charge in [0.05, 0.1) is 12.3 Å². The minimum atomic E-state index is -0.715. The van der Waals surface area contributed by atoms with Crippen molar-refractivity contribution in [3.63, 3.8) is 0 Å². The Labute approximate surface area is 123 Å². The van der Waals surface area contributed by atoms with Gasteiger partial charge in [-0.25, -0.2) is 4.98 Å². The van der Waals surface area contributed by atoms with E-state index >= 15 is 0 Å². The molecule has 0 atom stereocenters. The first-order valence-corrected chi connectivity index (χ1v) is 7.54. The number of thiazole rings is 1. The van der Waals surface area contributed by atoms with Crippen LogP contribution in [0.25, 0.3) is 10.6 Å². The SMILES string of the molecule is CCOC(=O)C(C)(C)c1csc(-c2ccccc2C)n1. The zero-order valence-corrected chi connectivity index (χ0v) is 13.1. The second-order valence-corrected chi connectivity index (χ2v) is 6.06. The monoisotopic (exact) mass is 289 g/mol. The summed E-state index contributed by atoms with van der Waals surface area (Å²) in [6.07, 6.45) is 0. The Kier molecular flexibility index (Phi) is 4.23. The maximum atomic E-state index is 12.0. The molecule has 1 aromatic heterocycles. The van der Waals surface area contributed by atoms with Crippen molar-refractivity contribution < 1.29 is 9.53 Å². The van der Waals surface area contributed by atoms with E-state index in [-0.39, 0.29) is 5.97 Å². The van der Waals surface area contributed by atoms with Gasteiger partial charge in [0.2, 0.25) is 0 Å². The average Bonchev–Trinajstić information content (AvgIpc) is 2.89. The van der Waals surface area contributed by atoms with Gasteiger partial charge in [-0.05, 0) is 33.3 Å². The fourth-order valence-electron chi connectivity index (χ4n) is 1.91. The molecule has 106 valence electrons. The first-order valence-electron chi connectivity index (χ1n) is 6.66. The molecule has 20 heavy (non-hydrogen) atoms. The van der Waals surface area contributed by atoms with Crippen LogP contribution in [0.15, 0.2) is 29.6 Å². The van der Waals surface area contributed by atoms with Crippen LogP contribution in [-0.4, -0.2) is 17.6 Å². The van der Waals surface area contributed by atoms with Gasteiger partial charge in [-0.2, -0.15) is 0 Å². The Morgan fingerprint density at radius 3 is 2.70 bits per heavy atom. The van der Waals surface area contributed by atoms with Gasteiger partial charge in [-0.1, -0.05) is 24.3 Å². The van der Waals surface area contributed by atoms with Gasteiger partial charge in [0.15, 0.2) is 0 Å². The molecule has 0 aliphatic rings. The molecule has 0 aliphatic carbocycles. The van der Waals surface area contributed by atoms with E-state index in [4.69, 9.17) is 4.74 Å². The van der Waals surface area contributed by atoms with E-state index in [0.29, 0.717) is 6.61 Å². The van der Waals surface area contributed by atoms with E-state index in [1.807, 2.05) is 38.3 Å². The number of aryl methyl sites for hydroxylation is 1. The fraction of sp³-hybridized carbons (Fsp3) is 0.375. The van der Waals surface area contributed by atoms with E-state index in [1.165, 1.54) is 5.56 Å². The van der Waals surface area contributed by atoms with Crippen LogP contribution in [0.2, 0.25) is 0 Å². The molecule has 0 N–H and O–H groups in total. The van der Waals surface area contributed by atoms with Crippen LogP contribution in [0.4, 0.5) is 0 Å². The number of esters is 1. The molecule has 1 heterocycles. The van der Waals surface area contributed by atoms with E-state index < -0.39 is 5.41 Å². The molecule has 0 aliphatic heterocycles. The Morgan fingerprint density at radius 2 is 2.05 bits per heavy atom. The van der Waals surface area contributed by atoms with Crippen molar-refractivity contribution in [1.29, 1.82) is 0 Å². The van der Waals surface area contributed by atoms with Gasteiger partial charge in [-0.15, -0.1) is 11.3 Å². The molecule has 2 rings (SSSR count). The number of hydrogen-bond donors (Lipinski definition) is 0. The summed E-state index contributed by atoms with van der Waals surface area (Å²) in [5.74, 6) is -0.235. The van der Waals surface area contributed by atoms with E-state index in [1.54, 1.807) is 11.3 Å². The normalized spacial score (nSPS) is 11.4. The fourth-order valence-corrected chi connectivity index (χ4v) is 2.99. The Hall–Kier alpha value is -1.68. The molecule has 0 radical (unpaired) electrons. The topological polar surface area (TPSA) is 39.2 Å². The molecule has 0 saturated heterocycles. The number of nitrogens with zero attached hydrogens (tertiary/aromatic N) is 1. The second-order valence-electron chi connectivity index (χ2n) is 5.20. The highest BCUT2D eigenvalue weighted by Gasteiger charge is 2.34. The molecule has 0 unspecified atom stereocenters. The number of aromatic nitrogens is 1. The first-order chi connectivity index (χ1) is 9.46. The van der Waals surface area contributed by atoms with Gasteiger partial charge in [0, 0.05) is 10.9 Å². The highest BCUT2D eigenvalue weighted by molar-refractivity contribution is 7.13. The standard InChI is InChI=1S/C16H19NO2S/c1-5-19-15(18)16(3,4)13-10-20-14(17-13)12-9-7-6-8-11(12)2/h6-10H,5H2,1-4H3. The van der Waals surface area contributed by atoms with Crippen LogP contribution in [0.1, 0.15) is 32.0 Å². The quantitative estimate of drug-likeness (QED) is 0.800. The maximum Gasteiger partial charge on any atom is 0.317 e. The van der Waals surface area contributed by atoms with Crippen LogP contribution < -0.4 is 0 Å². The van der Waals surface area contributed by atoms with Crippen molar-refractivity contribution in [3.05, 3.63) is 40.9 Å². The second kappa shape index (κ2) is 5.75. The molecule has 0 amide bonds. The summed E-state index contributed by atoms with van der Waals surface area (Å²) in [5.41, 5.74) is 2.35. The molecule has 1 aromatic carbocycles. The van der Waals surface area contributed by atoms with E-state index in [9.17, 15) is 4.79 Å². The summed E-state index contributed by atoms with van der Waals surface area (Å²) in [6, 6.07) is 8.12. The molecule has 3 nitrogen and oxygen atoms in total. The lowest BCUT2D eigenvalue weighted by Gasteiger charge is -2.19. The van der Waals surface area contributed by atoms with Crippen molar-refractivity contribution in [2.45, 2.75) is 33.1 Å². The number of carbonyl (C=O) groups excluding carboxylic acids is 1. The van der Waals surface area contributed by atoms with Gasteiger partial charge in [0.25, 0.3) is 0 Å². The maximum absolute atomic E-state index is 12.0. The number of carbonyl (C=O) groups is 1. The third kappa shape index (κ3) is 2.75. The third-order valence-electron chi connectivity index (χ3n) is 3.31. The van der Waals surface area contributed by atoms with Crippen molar-refractivity contribution >= 4 is 17.3 Å². The molecule has 4 heteroatoms. The molecular formula is C16H19NO2S. The summed E-state index contributed by atoms with van der Waals surface area (Å²) in [4.78, 5) is 16.7. The molecular weight excluding hydrogens is 270 g/mol. The third-order valence-corrected chi connectivity index (χ3v) is 4.18. The lowest BCUT2D eigenvalue weighted by Crippen LogP contribution is -2.31. The lowest BCUT2D eigenvalue weighted by atomic mass is 9.90. The van der Waals surface area contributed by atoms with Crippen LogP contribution in [0.3, 0.4) is 0 Å². The van der Waals surface area contributed by atoms with Crippen LogP contribution in [0, 0.1) is 6.92 Å². The summed E-state index contributed by atoms with van der Waals surface area (Å²) in [7, 11) is 0. The van der Waals surface area contributed by atoms with Gasteiger partial charge >= 0.3 is 5.97 Å². The number of hydrogen-bond acceptors (Lipinski definition) is 4. The minimum Gasteiger partial charge on any atom is -0.465 e. The highest BCUT2D eigenvalue weighted by atomic mass is 32.1. The van der Waals surface area contributed by atoms with Crippen LogP contribution >= 0.6 is 11.3 Å². The average molecular weight is 289 g/mol. The number of ether oxygens (including phenoxy) is 1. The minimum absolute atomic E-state index is 0.235. The van der Waals surface area contributed by atoms with E-state index in [2.05, 4.69) is 24.0 Å². The van der Waals surface area contributed by atoms with E-state index in [0.717, 1.165) is 16.3 Å². The smallest absolute Gasteiger partial charge is 0.317 e. The number of rotatable bonds is 4. The molecule has 0 spiro atoms. The Morgan fingerprint density at radius 1 is 1.35 bits per heavy atom. The van der Waals surface area contributed by atoms with Crippen LogP contribution in [0.5, 0.6) is 0 Å². The van der Waals surface area contributed by atoms with Gasteiger partial charge in [-0.3, -0.25) is 4.79 Å². The predicted octanol–water partition coefficient (Wildman–Crippen LogP) is 3.96. The summed E-state index contributed by atoms with van der Waals surface area (Å²) in [5, 5.41) is 2.88. The molecule has 0 fully saturated rings. The molecule has 0 bridgehead atoms. The van der Waals surface area contributed by atoms with Crippen molar-refractivity contribution in [3.8, 4) is 10.6 Å². The molecule has 0 saturated carbocycles.